The molecule has 1 fully saturated rings. The molecule has 0 saturated heterocycles. The molecule has 1 aromatic carbocycles. The highest BCUT2D eigenvalue weighted by Gasteiger charge is 2.27. The summed E-state index contributed by atoms with van der Waals surface area (Å²) < 4.78 is 0.909. The zero-order valence-corrected chi connectivity index (χ0v) is 14.0. The minimum Gasteiger partial charge on any atom is -0.370 e. The van der Waals surface area contributed by atoms with Gasteiger partial charge in [0.05, 0.1) is 5.69 Å². The average Bonchev–Trinajstić information content (AvgIpc) is 3.27. The highest BCUT2D eigenvalue weighted by atomic mass is 79.9. The van der Waals surface area contributed by atoms with Crippen molar-refractivity contribution in [2.24, 2.45) is 0 Å². The summed E-state index contributed by atoms with van der Waals surface area (Å²) in [7, 11) is 0. The maximum atomic E-state index is 5.97. The highest BCUT2D eigenvalue weighted by molar-refractivity contribution is 9.10. The third-order valence-corrected chi connectivity index (χ3v) is 4.13. The molecule has 21 heavy (non-hydrogen) atoms. The van der Waals surface area contributed by atoms with Gasteiger partial charge in [0.25, 0.3) is 0 Å². The first-order valence-electron chi connectivity index (χ1n) is 7.00. The highest BCUT2D eigenvalue weighted by Crippen LogP contribution is 2.39. The molecule has 0 amide bonds. The lowest BCUT2D eigenvalue weighted by Gasteiger charge is -2.11. The molecule has 0 spiro atoms. The van der Waals surface area contributed by atoms with Crippen molar-refractivity contribution in [1.29, 1.82) is 0 Å². The van der Waals surface area contributed by atoms with Gasteiger partial charge in [-0.15, -0.1) is 0 Å². The maximum Gasteiger partial charge on any atom is 0.136 e. The molecule has 1 aliphatic rings. The first-order chi connectivity index (χ1) is 10.2. The van der Waals surface area contributed by atoms with Crippen LogP contribution in [0, 0.1) is 0 Å². The van der Waals surface area contributed by atoms with E-state index in [1.807, 2.05) is 24.3 Å². The molecule has 0 radical (unpaired) electrons. The van der Waals surface area contributed by atoms with Gasteiger partial charge in [-0.05, 0) is 53.9 Å². The summed E-state index contributed by atoms with van der Waals surface area (Å²) in [6, 6.07) is 7.57. The van der Waals surface area contributed by atoms with Crippen LogP contribution in [0.2, 0.25) is 5.02 Å². The van der Waals surface area contributed by atoms with Gasteiger partial charge in [-0.25, -0.2) is 9.97 Å². The van der Waals surface area contributed by atoms with Gasteiger partial charge in [0.2, 0.25) is 0 Å². The van der Waals surface area contributed by atoms with Crippen molar-refractivity contribution in [3.05, 3.63) is 39.6 Å². The Morgan fingerprint density at radius 3 is 2.67 bits per heavy atom. The molecule has 110 valence electrons. The standard InChI is InChI=1S/C15H16BrClN4/c1-2-18-13-8-14(21-15(20-13)9-3-4-9)19-12-6-5-10(17)7-11(12)16/h5-9H,2-4H2,1H3,(H2,18,19,20,21). The van der Waals surface area contributed by atoms with Crippen molar-refractivity contribution in [2.45, 2.75) is 25.7 Å². The van der Waals surface area contributed by atoms with Gasteiger partial charge in [-0.2, -0.15) is 0 Å². The van der Waals surface area contributed by atoms with Gasteiger partial charge >= 0.3 is 0 Å². The van der Waals surface area contributed by atoms with Crippen LogP contribution in [0.1, 0.15) is 31.5 Å². The van der Waals surface area contributed by atoms with E-state index in [1.165, 1.54) is 12.8 Å². The second-order valence-corrected chi connectivity index (χ2v) is 6.34. The number of nitrogens with zero attached hydrogens (tertiary/aromatic N) is 2. The van der Waals surface area contributed by atoms with Crippen molar-refractivity contribution >= 4 is 44.9 Å². The van der Waals surface area contributed by atoms with E-state index in [0.29, 0.717) is 10.9 Å². The molecule has 0 unspecified atom stereocenters. The quantitative estimate of drug-likeness (QED) is 0.785. The zero-order valence-electron chi connectivity index (χ0n) is 11.7. The Morgan fingerprint density at radius 1 is 1.24 bits per heavy atom. The largest absolute Gasteiger partial charge is 0.370 e. The van der Waals surface area contributed by atoms with Crippen molar-refractivity contribution in [3.63, 3.8) is 0 Å². The fraction of sp³-hybridized carbons (Fsp3) is 0.333. The second-order valence-electron chi connectivity index (χ2n) is 5.05. The number of benzene rings is 1. The van der Waals surface area contributed by atoms with Gasteiger partial charge in [-0.1, -0.05) is 11.6 Å². The number of nitrogens with one attached hydrogen (secondary N) is 2. The minimum atomic E-state index is 0.512. The van der Waals surface area contributed by atoms with Crippen LogP contribution >= 0.6 is 27.5 Å². The first-order valence-corrected chi connectivity index (χ1v) is 8.17. The molecule has 3 rings (SSSR count). The summed E-state index contributed by atoms with van der Waals surface area (Å²) >= 11 is 9.48. The molecule has 0 atom stereocenters. The molecule has 1 saturated carbocycles. The second kappa shape index (κ2) is 6.20. The fourth-order valence-electron chi connectivity index (χ4n) is 2.05. The molecule has 6 heteroatoms. The van der Waals surface area contributed by atoms with Crippen molar-refractivity contribution in [3.8, 4) is 0 Å². The van der Waals surface area contributed by atoms with Crippen LogP contribution in [0.5, 0.6) is 0 Å². The lowest BCUT2D eigenvalue weighted by molar-refractivity contribution is 0.927. The van der Waals surface area contributed by atoms with Crippen molar-refractivity contribution in [2.75, 3.05) is 17.2 Å². The molecule has 2 aromatic rings. The van der Waals surface area contributed by atoms with Crippen LogP contribution < -0.4 is 10.6 Å². The zero-order chi connectivity index (χ0) is 14.8. The maximum absolute atomic E-state index is 5.97. The summed E-state index contributed by atoms with van der Waals surface area (Å²) in [5.74, 6) is 3.09. The predicted octanol–water partition coefficient (Wildman–Crippen LogP) is 4.95. The minimum absolute atomic E-state index is 0.512. The molecular formula is C15H16BrClN4. The summed E-state index contributed by atoms with van der Waals surface area (Å²) in [4.78, 5) is 9.19. The monoisotopic (exact) mass is 366 g/mol. The molecule has 1 aromatic heterocycles. The summed E-state index contributed by atoms with van der Waals surface area (Å²) in [5, 5.41) is 7.28. The number of aromatic nitrogens is 2. The number of halogens is 2. The van der Waals surface area contributed by atoms with E-state index in [-0.39, 0.29) is 0 Å². The number of hydrogen-bond acceptors (Lipinski definition) is 4. The summed E-state index contributed by atoms with van der Waals surface area (Å²) in [5.41, 5.74) is 0.933. The normalized spacial score (nSPS) is 14.0. The average molecular weight is 368 g/mol. The number of hydrogen-bond donors (Lipinski definition) is 2. The smallest absolute Gasteiger partial charge is 0.136 e. The predicted molar refractivity (Wildman–Crippen MR) is 90.6 cm³/mol. The van der Waals surface area contributed by atoms with E-state index >= 15 is 0 Å². The Bertz CT molecular complexity index is 658. The molecule has 1 heterocycles. The summed E-state index contributed by atoms with van der Waals surface area (Å²) in [6.45, 7) is 2.90. The lowest BCUT2D eigenvalue weighted by atomic mass is 10.3. The van der Waals surface area contributed by atoms with Crippen LogP contribution in [-0.2, 0) is 0 Å². The van der Waals surface area contributed by atoms with Crippen molar-refractivity contribution in [1.82, 2.24) is 9.97 Å². The van der Waals surface area contributed by atoms with E-state index in [9.17, 15) is 0 Å². The Hall–Kier alpha value is -1.33. The van der Waals surface area contributed by atoms with E-state index in [2.05, 4.69) is 43.5 Å². The topological polar surface area (TPSA) is 49.8 Å². The van der Waals surface area contributed by atoms with Gasteiger partial charge < -0.3 is 10.6 Å². The van der Waals surface area contributed by atoms with Crippen LogP contribution in [0.4, 0.5) is 17.3 Å². The van der Waals surface area contributed by atoms with Crippen LogP contribution in [0.25, 0.3) is 0 Å². The number of anilines is 3. The Balaban J connectivity index is 1.89. The summed E-state index contributed by atoms with van der Waals surface area (Å²) in [6.07, 6.45) is 2.36. The first kappa shape index (κ1) is 14.6. The van der Waals surface area contributed by atoms with Gasteiger partial charge in [0.1, 0.15) is 17.5 Å². The molecule has 4 nitrogen and oxygen atoms in total. The molecule has 2 N–H and O–H groups in total. The molecule has 1 aliphatic carbocycles. The van der Waals surface area contributed by atoms with Crippen LogP contribution in [0.3, 0.4) is 0 Å². The van der Waals surface area contributed by atoms with Gasteiger partial charge in [0, 0.05) is 28.0 Å². The van der Waals surface area contributed by atoms with Crippen LogP contribution in [0.15, 0.2) is 28.7 Å². The van der Waals surface area contributed by atoms with Gasteiger partial charge in [0.15, 0.2) is 0 Å². The van der Waals surface area contributed by atoms with E-state index in [0.717, 1.165) is 34.2 Å². The SMILES string of the molecule is CCNc1cc(Nc2ccc(Cl)cc2Br)nc(C2CC2)n1. The van der Waals surface area contributed by atoms with E-state index in [1.54, 1.807) is 0 Å². The molecule has 0 aliphatic heterocycles. The number of rotatable bonds is 5. The molecular weight excluding hydrogens is 352 g/mol. The van der Waals surface area contributed by atoms with E-state index < -0.39 is 0 Å². The van der Waals surface area contributed by atoms with Crippen LogP contribution in [-0.4, -0.2) is 16.5 Å². The molecule has 0 bridgehead atoms. The van der Waals surface area contributed by atoms with Crippen molar-refractivity contribution < 1.29 is 0 Å². The lowest BCUT2D eigenvalue weighted by Crippen LogP contribution is -2.05. The third kappa shape index (κ3) is 3.66. The Kier molecular flexibility index (Phi) is 4.31. The third-order valence-electron chi connectivity index (χ3n) is 3.24. The fourth-order valence-corrected chi connectivity index (χ4v) is 2.84. The van der Waals surface area contributed by atoms with E-state index in [4.69, 9.17) is 11.6 Å². The van der Waals surface area contributed by atoms with Gasteiger partial charge in [-0.3, -0.25) is 0 Å². The Morgan fingerprint density at radius 2 is 2.00 bits per heavy atom. The Labute approximate surface area is 137 Å².